The van der Waals surface area contributed by atoms with Crippen LogP contribution in [0.3, 0.4) is 0 Å². The fraction of sp³-hybridized carbons (Fsp3) is 0.654. The van der Waals surface area contributed by atoms with E-state index in [0.717, 1.165) is 71.4 Å². The second-order valence-electron chi connectivity index (χ2n) is 9.55. The van der Waals surface area contributed by atoms with Crippen LogP contribution in [-0.2, 0) is 20.9 Å². The van der Waals surface area contributed by atoms with Crippen molar-refractivity contribution in [3.63, 3.8) is 0 Å². The molecule has 8 heteroatoms. The van der Waals surface area contributed by atoms with E-state index >= 15 is 0 Å². The Kier molecular flexibility index (Phi) is 12.0. The van der Waals surface area contributed by atoms with Gasteiger partial charge in [0.2, 0.25) is 17.7 Å². The number of carbonyl (C=O) groups excluding carboxylic acids is 3. The van der Waals surface area contributed by atoms with Crippen molar-refractivity contribution in [3.05, 3.63) is 35.9 Å². The van der Waals surface area contributed by atoms with Crippen LogP contribution in [0.15, 0.2) is 30.3 Å². The lowest BCUT2D eigenvalue weighted by atomic mass is 9.95. The lowest BCUT2D eigenvalue weighted by Crippen LogP contribution is -2.59. The number of hydrogen-bond donors (Lipinski definition) is 3. The van der Waals surface area contributed by atoms with Crippen LogP contribution in [0.1, 0.15) is 64.4 Å². The fourth-order valence-corrected chi connectivity index (χ4v) is 4.32. The molecule has 1 heterocycles. The topological polar surface area (TPSA) is 108 Å². The molecule has 0 saturated carbocycles. The lowest BCUT2D eigenvalue weighted by Gasteiger charge is -2.35. The zero-order chi connectivity index (χ0) is 24.8. The minimum Gasteiger partial charge on any atom is -0.370 e. The van der Waals surface area contributed by atoms with Gasteiger partial charge in [0.15, 0.2) is 0 Å². The van der Waals surface area contributed by atoms with Crippen molar-refractivity contribution in [3.8, 4) is 0 Å². The summed E-state index contributed by atoms with van der Waals surface area (Å²) in [6.07, 6.45) is 5.29. The monoisotopic (exact) mass is 473 g/mol. The summed E-state index contributed by atoms with van der Waals surface area (Å²) in [5, 5.41) is 5.66. The molecule has 3 amide bonds. The number of nitrogens with one attached hydrogen (secondary N) is 2. The Labute approximate surface area is 204 Å². The summed E-state index contributed by atoms with van der Waals surface area (Å²) in [7, 11) is 0. The second kappa shape index (κ2) is 14.7. The van der Waals surface area contributed by atoms with Gasteiger partial charge in [0.05, 0.1) is 6.42 Å². The number of benzene rings is 1. The molecule has 0 radical (unpaired) electrons. The Morgan fingerprint density at radius 3 is 2.26 bits per heavy atom. The molecule has 1 aliphatic rings. The van der Waals surface area contributed by atoms with Gasteiger partial charge < -0.3 is 16.4 Å². The molecule has 0 aromatic heterocycles. The van der Waals surface area contributed by atoms with E-state index in [2.05, 4.69) is 51.6 Å². The standard InChI is InChI=1S/C26H43N5O3/c1-3-4-5-6-10-13-24(33)29-26(2,20-23(27)32)25(34)28-14-15-30-16-18-31(19-17-30)21-22-11-8-7-9-12-22/h7-9,11-12H,3-6,10,13-21H2,1-2H3,(H2,27,32)(H,28,34)(H,29,33)/t26-/m1/s1. The third-order valence-electron chi connectivity index (χ3n) is 6.38. The summed E-state index contributed by atoms with van der Waals surface area (Å²) in [6.45, 7) is 9.70. The average molecular weight is 474 g/mol. The molecule has 1 saturated heterocycles. The lowest BCUT2D eigenvalue weighted by molar-refractivity contribution is -0.135. The van der Waals surface area contributed by atoms with E-state index in [4.69, 9.17) is 5.73 Å². The van der Waals surface area contributed by atoms with Crippen LogP contribution in [0.4, 0.5) is 0 Å². The van der Waals surface area contributed by atoms with Crippen LogP contribution < -0.4 is 16.4 Å². The summed E-state index contributed by atoms with van der Waals surface area (Å²) < 4.78 is 0. The number of nitrogens with zero attached hydrogens (tertiary/aromatic N) is 2. The van der Waals surface area contributed by atoms with Crippen molar-refractivity contribution in [1.82, 2.24) is 20.4 Å². The first kappa shape index (κ1) is 27.8. The van der Waals surface area contributed by atoms with Crippen LogP contribution in [0.2, 0.25) is 0 Å². The van der Waals surface area contributed by atoms with Gasteiger partial charge >= 0.3 is 0 Å². The van der Waals surface area contributed by atoms with Crippen molar-refractivity contribution < 1.29 is 14.4 Å². The maximum Gasteiger partial charge on any atom is 0.246 e. The minimum absolute atomic E-state index is 0.218. The van der Waals surface area contributed by atoms with Gasteiger partial charge in [-0.05, 0) is 18.9 Å². The number of rotatable bonds is 15. The van der Waals surface area contributed by atoms with Gasteiger partial charge in [-0.1, -0.05) is 62.9 Å². The molecule has 0 unspecified atom stereocenters. The predicted molar refractivity (Wildman–Crippen MR) is 135 cm³/mol. The van der Waals surface area contributed by atoms with E-state index in [1.165, 1.54) is 5.56 Å². The first-order valence-electron chi connectivity index (χ1n) is 12.7. The number of carbonyl (C=O) groups is 3. The van der Waals surface area contributed by atoms with Crippen molar-refractivity contribution in [2.24, 2.45) is 5.73 Å². The summed E-state index contributed by atoms with van der Waals surface area (Å²) in [4.78, 5) is 41.6. The maximum atomic E-state index is 12.9. The van der Waals surface area contributed by atoms with Crippen LogP contribution >= 0.6 is 0 Å². The van der Waals surface area contributed by atoms with Crippen molar-refractivity contribution in [1.29, 1.82) is 0 Å². The fourth-order valence-electron chi connectivity index (χ4n) is 4.32. The van der Waals surface area contributed by atoms with Gasteiger partial charge in [-0.2, -0.15) is 0 Å². The Morgan fingerprint density at radius 1 is 0.971 bits per heavy atom. The number of hydrogen-bond acceptors (Lipinski definition) is 5. The molecule has 8 nitrogen and oxygen atoms in total. The number of nitrogens with two attached hydrogens (primary N) is 1. The highest BCUT2D eigenvalue weighted by Gasteiger charge is 2.36. The summed E-state index contributed by atoms with van der Waals surface area (Å²) in [5.74, 6) is -1.20. The highest BCUT2D eigenvalue weighted by atomic mass is 16.2. The molecular formula is C26H43N5O3. The summed E-state index contributed by atoms with van der Waals surface area (Å²) in [5.41, 5.74) is 5.36. The van der Waals surface area contributed by atoms with E-state index in [-0.39, 0.29) is 18.2 Å². The largest absolute Gasteiger partial charge is 0.370 e. The summed E-state index contributed by atoms with van der Waals surface area (Å²) in [6, 6.07) is 10.5. The van der Waals surface area contributed by atoms with Crippen molar-refractivity contribution in [2.45, 2.75) is 70.9 Å². The molecule has 1 aromatic rings. The quantitative estimate of drug-likeness (QED) is 0.338. The van der Waals surface area contributed by atoms with E-state index in [1.54, 1.807) is 6.92 Å². The minimum atomic E-state index is -1.33. The Balaban J connectivity index is 1.73. The van der Waals surface area contributed by atoms with E-state index in [0.29, 0.717) is 13.0 Å². The zero-order valence-corrected chi connectivity index (χ0v) is 21.0. The third-order valence-corrected chi connectivity index (χ3v) is 6.38. The Hall–Kier alpha value is -2.45. The summed E-state index contributed by atoms with van der Waals surface area (Å²) >= 11 is 0. The van der Waals surface area contributed by atoms with Gasteiger partial charge in [-0.15, -0.1) is 0 Å². The number of unbranched alkanes of at least 4 members (excludes halogenated alkanes) is 4. The number of amides is 3. The first-order valence-corrected chi connectivity index (χ1v) is 12.7. The predicted octanol–water partition coefficient (Wildman–Crippen LogP) is 2.03. The van der Waals surface area contributed by atoms with Gasteiger partial charge in [-0.25, -0.2) is 0 Å². The molecule has 190 valence electrons. The molecule has 2 rings (SSSR count). The smallest absolute Gasteiger partial charge is 0.246 e. The third kappa shape index (κ3) is 10.2. The van der Waals surface area contributed by atoms with Crippen LogP contribution in [0.5, 0.6) is 0 Å². The molecule has 0 bridgehead atoms. The van der Waals surface area contributed by atoms with Crippen LogP contribution in [0.25, 0.3) is 0 Å². The Morgan fingerprint density at radius 2 is 1.62 bits per heavy atom. The zero-order valence-electron chi connectivity index (χ0n) is 21.0. The number of piperazine rings is 1. The molecular weight excluding hydrogens is 430 g/mol. The van der Waals surface area contributed by atoms with Gasteiger partial charge in [-0.3, -0.25) is 24.2 Å². The molecule has 1 fully saturated rings. The SMILES string of the molecule is CCCCCCCC(=O)N[C@](C)(CC(N)=O)C(=O)NCCN1CCN(Cc2ccccc2)CC1. The Bertz CT molecular complexity index is 765. The van der Waals surface area contributed by atoms with Crippen molar-refractivity contribution >= 4 is 17.7 Å². The second-order valence-corrected chi connectivity index (χ2v) is 9.55. The molecule has 1 aliphatic heterocycles. The molecule has 1 aromatic carbocycles. The molecule has 0 spiro atoms. The van der Waals surface area contributed by atoms with Crippen molar-refractivity contribution in [2.75, 3.05) is 39.3 Å². The molecule has 1 atom stereocenters. The van der Waals surface area contributed by atoms with E-state index in [9.17, 15) is 14.4 Å². The highest BCUT2D eigenvalue weighted by Crippen LogP contribution is 2.12. The van der Waals surface area contributed by atoms with Crippen LogP contribution in [-0.4, -0.2) is 72.3 Å². The van der Waals surface area contributed by atoms with Gasteiger partial charge in [0.25, 0.3) is 0 Å². The maximum absolute atomic E-state index is 12.9. The average Bonchev–Trinajstić information content (AvgIpc) is 2.80. The van der Waals surface area contributed by atoms with E-state index in [1.807, 2.05) is 6.07 Å². The molecule has 0 aliphatic carbocycles. The molecule has 34 heavy (non-hydrogen) atoms. The first-order chi connectivity index (χ1) is 16.3. The number of primary amides is 1. The molecule has 4 N–H and O–H groups in total. The van der Waals surface area contributed by atoms with Gasteiger partial charge in [0.1, 0.15) is 5.54 Å². The van der Waals surface area contributed by atoms with Crippen LogP contribution in [0, 0.1) is 0 Å². The highest BCUT2D eigenvalue weighted by molar-refractivity contribution is 5.95. The van der Waals surface area contributed by atoms with E-state index < -0.39 is 11.4 Å². The van der Waals surface area contributed by atoms with Gasteiger partial charge in [0, 0.05) is 52.2 Å². The normalized spacial score (nSPS) is 16.5.